The van der Waals surface area contributed by atoms with Gasteiger partial charge in [-0.05, 0) is 18.2 Å². The molecule has 6 nitrogen and oxygen atoms in total. The van der Waals surface area contributed by atoms with Gasteiger partial charge in [-0.15, -0.1) is 0 Å². The van der Waals surface area contributed by atoms with Gasteiger partial charge in [0.05, 0.1) is 17.4 Å². The SMILES string of the molecule is Cn1nc(C(=O)O)cc1-c1ccc2[nH]ncc2c1. The van der Waals surface area contributed by atoms with Crippen LogP contribution in [0.3, 0.4) is 0 Å². The summed E-state index contributed by atoms with van der Waals surface area (Å²) in [5.74, 6) is -1.03. The van der Waals surface area contributed by atoms with Crippen LogP contribution in [0.15, 0.2) is 30.5 Å². The van der Waals surface area contributed by atoms with E-state index in [9.17, 15) is 4.79 Å². The molecular formula is C12H10N4O2. The van der Waals surface area contributed by atoms with E-state index in [-0.39, 0.29) is 5.69 Å². The number of aromatic nitrogens is 4. The highest BCUT2D eigenvalue weighted by Gasteiger charge is 2.12. The highest BCUT2D eigenvalue weighted by molar-refractivity contribution is 5.88. The molecular weight excluding hydrogens is 232 g/mol. The quantitative estimate of drug-likeness (QED) is 0.715. The van der Waals surface area contributed by atoms with Gasteiger partial charge in [0.25, 0.3) is 0 Å². The van der Waals surface area contributed by atoms with E-state index < -0.39 is 5.97 Å². The van der Waals surface area contributed by atoms with Crippen molar-refractivity contribution in [2.24, 2.45) is 7.05 Å². The first-order valence-corrected chi connectivity index (χ1v) is 5.36. The first-order chi connectivity index (χ1) is 8.65. The molecule has 0 amide bonds. The molecule has 2 heterocycles. The molecule has 0 atom stereocenters. The number of fused-ring (bicyclic) bond motifs is 1. The second kappa shape index (κ2) is 3.69. The number of aromatic amines is 1. The summed E-state index contributed by atoms with van der Waals surface area (Å²) in [5.41, 5.74) is 2.65. The van der Waals surface area contributed by atoms with E-state index in [4.69, 9.17) is 5.11 Å². The Morgan fingerprint density at radius 1 is 1.39 bits per heavy atom. The smallest absolute Gasteiger partial charge is 0.356 e. The number of nitrogens with one attached hydrogen (secondary N) is 1. The first-order valence-electron chi connectivity index (χ1n) is 5.36. The van der Waals surface area contributed by atoms with E-state index in [1.165, 1.54) is 0 Å². The number of benzene rings is 1. The fourth-order valence-corrected chi connectivity index (χ4v) is 1.94. The molecule has 0 aliphatic carbocycles. The molecule has 0 unspecified atom stereocenters. The lowest BCUT2D eigenvalue weighted by Gasteiger charge is -2.01. The minimum Gasteiger partial charge on any atom is -0.476 e. The average molecular weight is 242 g/mol. The minimum absolute atomic E-state index is 0.0415. The number of rotatable bonds is 2. The number of H-pyrrole nitrogens is 1. The topological polar surface area (TPSA) is 83.8 Å². The predicted octanol–water partition coefficient (Wildman–Crippen LogP) is 1.66. The van der Waals surface area contributed by atoms with Crippen LogP contribution in [0, 0.1) is 0 Å². The van der Waals surface area contributed by atoms with Crippen LogP contribution in [-0.4, -0.2) is 31.1 Å². The van der Waals surface area contributed by atoms with Crippen molar-refractivity contribution in [3.63, 3.8) is 0 Å². The number of aryl methyl sites for hydroxylation is 1. The number of carboxylic acids is 1. The molecule has 0 radical (unpaired) electrons. The number of aromatic carboxylic acids is 1. The lowest BCUT2D eigenvalue weighted by molar-refractivity contribution is 0.0689. The Hall–Kier alpha value is -2.63. The summed E-state index contributed by atoms with van der Waals surface area (Å²) >= 11 is 0. The van der Waals surface area contributed by atoms with Gasteiger partial charge in [-0.3, -0.25) is 9.78 Å². The monoisotopic (exact) mass is 242 g/mol. The van der Waals surface area contributed by atoms with Crippen molar-refractivity contribution in [3.8, 4) is 11.3 Å². The zero-order chi connectivity index (χ0) is 12.7. The molecule has 0 aliphatic heterocycles. The lowest BCUT2D eigenvalue weighted by Crippen LogP contribution is -1.99. The molecule has 18 heavy (non-hydrogen) atoms. The second-order valence-corrected chi connectivity index (χ2v) is 4.02. The maximum atomic E-state index is 10.9. The van der Waals surface area contributed by atoms with E-state index in [1.807, 2.05) is 18.2 Å². The number of hydrogen-bond acceptors (Lipinski definition) is 3. The van der Waals surface area contributed by atoms with E-state index >= 15 is 0 Å². The normalized spacial score (nSPS) is 10.9. The average Bonchev–Trinajstić information content (AvgIpc) is 2.93. The molecule has 3 aromatic rings. The van der Waals surface area contributed by atoms with Gasteiger partial charge in [0.15, 0.2) is 5.69 Å². The zero-order valence-electron chi connectivity index (χ0n) is 9.58. The predicted molar refractivity (Wildman–Crippen MR) is 65.3 cm³/mol. The lowest BCUT2D eigenvalue weighted by atomic mass is 10.1. The number of nitrogens with zero attached hydrogens (tertiary/aromatic N) is 3. The molecule has 0 aliphatic rings. The Morgan fingerprint density at radius 3 is 2.94 bits per heavy atom. The van der Waals surface area contributed by atoms with Gasteiger partial charge < -0.3 is 5.11 Å². The van der Waals surface area contributed by atoms with Crippen LogP contribution in [0.5, 0.6) is 0 Å². The van der Waals surface area contributed by atoms with Crippen molar-refractivity contribution in [2.75, 3.05) is 0 Å². The summed E-state index contributed by atoms with van der Waals surface area (Å²) in [4.78, 5) is 10.9. The van der Waals surface area contributed by atoms with Gasteiger partial charge in [0, 0.05) is 18.0 Å². The Kier molecular flexibility index (Phi) is 2.16. The molecule has 90 valence electrons. The maximum Gasteiger partial charge on any atom is 0.356 e. The van der Waals surface area contributed by atoms with Gasteiger partial charge in [0.2, 0.25) is 0 Å². The van der Waals surface area contributed by atoms with Crippen LogP contribution in [0.25, 0.3) is 22.2 Å². The number of hydrogen-bond donors (Lipinski definition) is 2. The molecule has 0 saturated heterocycles. The van der Waals surface area contributed by atoms with Crippen molar-refractivity contribution in [2.45, 2.75) is 0 Å². The van der Waals surface area contributed by atoms with Crippen molar-refractivity contribution in [1.82, 2.24) is 20.0 Å². The third kappa shape index (κ3) is 1.55. The van der Waals surface area contributed by atoms with E-state index in [0.717, 1.165) is 22.2 Å². The van der Waals surface area contributed by atoms with Gasteiger partial charge >= 0.3 is 5.97 Å². The summed E-state index contributed by atoms with van der Waals surface area (Å²) in [6, 6.07) is 7.32. The molecule has 0 bridgehead atoms. The standard InChI is InChI=1S/C12H10N4O2/c1-16-11(5-10(15-16)12(17)18)7-2-3-9-8(4-7)6-13-14-9/h2-6H,1H3,(H,13,14)(H,17,18). The van der Waals surface area contributed by atoms with Crippen molar-refractivity contribution in [3.05, 3.63) is 36.2 Å². The minimum atomic E-state index is -1.03. The molecule has 6 heteroatoms. The third-order valence-electron chi connectivity index (χ3n) is 2.83. The van der Waals surface area contributed by atoms with Crippen molar-refractivity contribution < 1.29 is 9.90 Å². The van der Waals surface area contributed by atoms with Gasteiger partial charge in [-0.1, -0.05) is 6.07 Å². The van der Waals surface area contributed by atoms with E-state index in [2.05, 4.69) is 15.3 Å². The summed E-state index contributed by atoms with van der Waals surface area (Å²) in [5, 5.41) is 20.7. The van der Waals surface area contributed by atoms with Gasteiger partial charge in [-0.25, -0.2) is 4.79 Å². The van der Waals surface area contributed by atoms with Gasteiger partial charge in [-0.2, -0.15) is 10.2 Å². The van der Waals surface area contributed by atoms with Crippen molar-refractivity contribution >= 4 is 16.9 Å². The van der Waals surface area contributed by atoms with Gasteiger partial charge in [0.1, 0.15) is 0 Å². The number of carboxylic acid groups (broad SMARTS) is 1. The molecule has 0 spiro atoms. The zero-order valence-corrected chi connectivity index (χ0v) is 9.58. The maximum absolute atomic E-state index is 10.9. The molecule has 0 fully saturated rings. The summed E-state index contributed by atoms with van der Waals surface area (Å²) < 4.78 is 1.56. The molecule has 0 saturated carbocycles. The third-order valence-corrected chi connectivity index (χ3v) is 2.83. The summed E-state index contributed by atoms with van der Waals surface area (Å²) in [6.07, 6.45) is 1.73. The Morgan fingerprint density at radius 2 is 2.22 bits per heavy atom. The Balaban J connectivity index is 2.15. The Labute approximate surface area is 102 Å². The summed E-state index contributed by atoms with van der Waals surface area (Å²) in [7, 11) is 1.72. The largest absolute Gasteiger partial charge is 0.476 e. The summed E-state index contributed by atoms with van der Waals surface area (Å²) in [6.45, 7) is 0. The van der Waals surface area contributed by atoms with Crippen LogP contribution in [0.2, 0.25) is 0 Å². The van der Waals surface area contributed by atoms with Crippen LogP contribution in [-0.2, 0) is 7.05 Å². The van der Waals surface area contributed by atoms with E-state index in [1.54, 1.807) is 24.0 Å². The molecule has 1 aromatic carbocycles. The van der Waals surface area contributed by atoms with Crippen LogP contribution < -0.4 is 0 Å². The second-order valence-electron chi connectivity index (χ2n) is 4.02. The fraction of sp³-hybridized carbons (Fsp3) is 0.0833. The first kappa shape index (κ1) is 10.5. The Bertz CT molecular complexity index is 741. The van der Waals surface area contributed by atoms with Crippen LogP contribution in [0.1, 0.15) is 10.5 Å². The highest BCUT2D eigenvalue weighted by atomic mass is 16.4. The molecule has 2 N–H and O–H groups in total. The van der Waals surface area contributed by atoms with E-state index in [0.29, 0.717) is 0 Å². The molecule has 2 aromatic heterocycles. The van der Waals surface area contributed by atoms with Crippen LogP contribution >= 0.6 is 0 Å². The fourth-order valence-electron chi connectivity index (χ4n) is 1.94. The number of carbonyl (C=O) groups is 1. The van der Waals surface area contributed by atoms with Crippen molar-refractivity contribution in [1.29, 1.82) is 0 Å². The van der Waals surface area contributed by atoms with Crippen LogP contribution in [0.4, 0.5) is 0 Å². The highest BCUT2D eigenvalue weighted by Crippen LogP contribution is 2.23. The molecule has 3 rings (SSSR count).